The molecule has 6 nitrogen and oxygen atoms in total. The molecule has 2 heterocycles. The number of H-pyrrole nitrogens is 1. The van der Waals surface area contributed by atoms with Crippen LogP contribution in [-0.4, -0.2) is 27.6 Å². The van der Waals surface area contributed by atoms with Crippen molar-refractivity contribution in [2.75, 3.05) is 6.54 Å². The molecule has 1 amide bonds. The van der Waals surface area contributed by atoms with E-state index in [1.165, 1.54) is 23.4 Å². The summed E-state index contributed by atoms with van der Waals surface area (Å²) in [5, 5.41) is 12.0. The van der Waals surface area contributed by atoms with Gasteiger partial charge in [-0.25, -0.2) is 10.1 Å². The van der Waals surface area contributed by atoms with Gasteiger partial charge in [0.2, 0.25) is 5.91 Å². The van der Waals surface area contributed by atoms with Crippen molar-refractivity contribution in [1.29, 1.82) is 0 Å². The van der Waals surface area contributed by atoms with Gasteiger partial charge in [0.15, 0.2) is 0 Å². The number of thiazole rings is 1. The van der Waals surface area contributed by atoms with Gasteiger partial charge in [-0.3, -0.25) is 9.59 Å². The molecule has 4 rings (SSSR count). The molecule has 1 aliphatic carbocycles. The minimum Gasteiger partial charge on any atom is -0.355 e. The van der Waals surface area contributed by atoms with Crippen LogP contribution in [0.3, 0.4) is 0 Å². The quantitative estimate of drug-likeness (QED) is 0.710. The lowest BCUT2D eigenvalue weighted by Crippen LogP contribution is -2.31. The number of amides is 1. The first-order valence-corrected chi connectivity index (χ1v) is 10.2. The molecule has 0 fully saturated rings. The summed E-state index contributed by atoms with van der Waals surface area (Å²) in [4.78, 5) is 30.6. The van der Waals surface area contributed by atoms with Crippen molar-refractivity contribution in [1.82, 2.24) is 20.5 Å². The summed E-state index contributed by atoms with van der Waals surface area (Å²) < 4.78 is 0. The van der Waals surface area contributed by atoms with E-state index < -0.39 is 5.92 Å². The number of aromatic amines is 1. The number of aromatic nitrogens is 3. The Labute approximate surface area is 161 Å². The van der Waals surface area contributed by atoms with E-state index in [4.69, 9.17) is 4.98 Å². The number of carbonyl (C=O) groups excluding carboxylic acids is 1. The molecule has 0 spiro atoms. The molecule has 2 N–H and O–H groups in total. The maximum Gasteiger partial charge on any atom is 0.272 e. The number of carbonyl (C=O) groups is 1. The van der Waals surface area contributed by atoms with E-state index in [2.05, 4.69) is 15.5 Å². The van der Waals surface area contributed by atoms with Crippen molar-refractivity contribution in [3.05, 3.63) is 55.9 Å². The van der Waals surface area contributed by atoms with Crippen LogP contribution in [0.15, 0.2) is 29.1 Å². The Morgan fingerprint density at radius 3 is 2.85 bits per heavy atom. The van der Waals surface area contributed by atoms with E-state index in [-0.39, 0.29) is 11.5 Å². The van der Waals surface area contributed by atoms with Gasteiger partial charge in [-0.1, -0.05) is 18.2 Å². The zero-order chi connectivity index (χ0) is 18.8. The molecule has 7 heteroatoms. The smallest absolute Gasteiger partial charge is 0.272 e. The predicted octanol–water partition coefficient (Wildman–Crippen LogP) is 2.72. The van der Waals surface area contributed by atoms with E-state index in [1.54, 1.807) is 23.5 Å². The van der Waals surface area contributed by atoms with E-state index in [0.717, 1.165) is 29.7 Å². The number of aryl methyl sites for hydroxylation is 2. The number of nitrogens with one attached hydrogen (secondary N) is 2. The monoisotopic (exact) mass is 382 g/mol. The number of hydrogen-bond acceptors (Lipinski definition) is 5. The maximum absolute atomic E-state index is 12.6. The third-order valence-electron chi connectivity index (χ3n) is 5.06. The van der Waals surface area contributed by atoms with Gasteiger partial charge in [0.05, 0.1) is 27.7 Å². The van der Waals surface area contributed by atoms with E-state index in [9.17, 15) is 9.59 Å². The van der Waals surface area contributed by atoms with E-state index in [1.807, 2.05) is 19.1 Å². The largest absolute Gasteiger partial charge is 0.355 e. The molecule has 1 aromatic carbocycles. The fourth-order valence-electron chi connectivity index (χ4n) is 3.55. The normalized spacial score (nSPS) is 14.7. The molecule has 0 radical (unpaired) electrons. The molecule has 3 aromatic rings. The fourth-order valence-corrected chi connectivity index (χ4v) is 4.70. The molecule has 0 aliphatic heterocycles. The minimum absolute atomic E-state index is 0.0963. The minimum atomic E-state index is -0.448. The zero-order valence-corrected chi connectivity index (χ0v) is 16.1. The SMILES string of the molecule is CC(C(=O)NCCc1nc2c(s1)CCCC2)c1n[nH]c(=O)c2ccccc12. The highest BCUT2D eigenvalue weighted by Crippen LogP contribution is 2.27. The second-order valence-electron chi connectivity index (χ2n) is 6.93. The number of hydrogen-bond donors (Lipinski definition) is 2. The van der Waals surface area contributed by atoms with Crippen LogP contribution in [-0.2, 0) is 24.1 Å². The van der Waals surface area contributed by atoms with Crippen LogP contribution in [0.2, 0.25) is 0 Å². The first-order chi connectivity index (χ1) is 13.1. The van der Waals surface area contributed by atoms with Crippen LogP contribution in [0.1, 0.15) is 47.0 Å². The van der Waals surface area contributed by atoms with Gasteiger partial charge < -0.3 is 5.32 Å². The molecule has 27 heavy (non-hydrogen) atoms. The summed E-state index contributed by atoms with van der Waals surface area (Å²) >= 11 is 1.78. The third kappa shape index (κ3) is 3.64. The molecule has 140 valence electrons. The van der Waals surface area contributed by atoms with Crippen molar-refractivity contribution < 1.29 is 4.79 Å². The second kappa shape index (κ2) is 7.60. The number of rotatable bonds is 5. The lowest BCUT2D eigenvalue weighted by molar-refractivity contribution is -0.122. The Kier molecular flexibility index (Phi) is 5.03. The van der Waals surface area contributed by atoms with Crippen LogP contribution >= 0.6 is 11.3 Å². The van der Waals surface area contributed by atoms with Crippen molar-refractivity contribution in [3.63, 3.8) is 0 Å². The van der Waals surface area contributed by atoms with Gasteiger partial charge in [-0.15, -0.1) is 11.3 Å². The van der Waals surface area contributed by atoms with Gasteiger partial charge in [0.1, 0.15) is 0 Å². The first-order valence-electron chi connectivity index (χ1n) is 9.36. The number of fused-ring (bicyclic) bond motifs is 2. The second-order valence-corrected chi connectivity index (χ2v) is 8.10. The topological polar surface area (TPSA) is 87.7 Å². The van der Waals surface area contributed by atoms with Gasteiger partial charge >= 0.3 is 0 Å². The maximum atomic E-state index is 12.6. The van der Waals surface area contributed by atoms with Gasteiger partial charge in [0.25, 0.3) is 5.56 Å². The standard InChI is InChI=1S/C20H22N4O2S/c1-12(18-13-6-2-3-7-14(13)20(26)24-23-18)19(25)21-11-10-17-22-15-8-4-5-9-16(15)27-17/h2-3,6-7,12H,4-5,8-11H2,1H3,(H,21,25)(H,24,26). The third-order valence-corrected chi connectivity index (χ3v) is 6.27. The van der Waals surface area contributed by atoms with Crippen molar-refractivity contribution >= 4 is 28.0 Å². The van der Waals surface area contributed by atoms with Crippen LogP contribution in [0.4, 0.5) is 0 Å². The van der Waals surface area contributed by atoms with Crippen molar-refractivity contribution in [2.45, 2.75) is 44.9 Å². The molecule has 0 saturated heterocycles. The zero-order valence-electron chi connectivity index (χ0n) is 15.2. The van der Waals surface area contributed by atoms with Crippen molar-refractivity contribution in [3.8, 4) is 0 Å². The van der Waals surface area contributed by atoms with Gasteiger partial charge in [-0.2, -0.15) is 5.10 Å². The Hall–Kier alpha value is -2.54. The highest BCUT2D eigenvalue weighted by atomic mass is 32.1. The molecule has 2 aromatic heterocycles. The molecule has 1 unspecified atom stereocenters. The molecule has 0 bridgehead atoms. The Morgan fingerprint density at radius 1 is 1.26 bits per heavy atom. The summed E-state index contributed by atoms with van der Waals surface area (Å²) in [6.45, 7) is 2.36. The average molecular weight is 382 g/mol. The highest BCUT2D eigenvalue weighted by Gasteiger charge is 2.20. The lowest BCUT2D eigenvalue weighted by atomic mass is 10.0. The summed E-state index contributed by atoms with van der Waals surface area (Å²) in [7, 11) is 0. The van der Waals surface area contributed by atoms with Gasteiger partial charge in [0, 0.05) is 23.2 Å². The van der Waals surface area contributed by atoms with E-state index in [0.29, 0.717) is 17.6 Å². The van der Waals surface area contributed by atoms with Crippen molar-refractivity contribution in [2.24, 2.45) is 0 Å². The van der Waals surface area contributed by atoms with Crippen LogP contribution in [0, 0.1) is 0 Å². The molecule has 1 aliphatic rings. The Bertz CT molecular complexity index is 1020. The Balaban J connectivity index is 1.42. The molecule has 0 saturated carbocycles. The average Bonchev–Trinajstić information content (AvgIpc) is 3.11. The van der Waals surface area contributed by atoms with Crippen LogP contribution in [0.25, 0.3) is 10.8 Å². The summed E-state index contributed by atoms with van der Waals surface area (Å²) in [6.07, 6.45) is 5.45. The molecular weight excluding hydrogens is 360 g/mol. The Morgan fingerprint density at radius 2 is 2.04 bits per heavy atom. The van der Waals surface area contributed by atoms with Gasteiger partial charge in [-0.05, 0) is 38.7 Å². The van der Waals surface area contributed by atoms with Crippen LogP contribution < -0.4 is 10.9 Å². The first kappa shape index (κ1) is 17.9. The predicted molar refractivity (Wildman–Crippen MR) is 106 cm³/mol. The van der Waals surface area contributed by atoms with E-state index >= 15 is 0 Å². The lowest BCUT2D eigenvalue weighted by Gasteiger charge is -2.13. The summed E-state index contributed by atoms with van der Waals surface area (Å²) in [5.74, 6) is -0.544. The number of benzene rings is 1. The van der Waals surface area contributed by atoms with Crippen LogP contribution in [0.5, 0.6) is 0 Å². The number of nitrogens with zero attached hydrogens (tertiary/aromatic N) is 2. The molecule has 1 atom stereocenters. The fraction of sp³-hybridized carbons (Fsp3) is 0.400. The highest BCUT2D eigenvalue weighted by molar-refractivity contribution is 7.11. The summed E-state index contributed by atoms with van der Waals surface area (Å²) in [5.41, 5.74) is 1.60. The molecular formula is C20H22N4O2S. The summed E-state index contributed by atoms with van der Waals surface area (Å²) in [6, 6.07) is 7.23.